The zero-order chi connectivity index (χ0) is 18.2. The number of hydrogen-bond donors (Lipinski definition) is 2. The Hall–Kier alpha value is -3.26. The number of pyridine rings is 1. The van der Waals surface area contributed by atoms with Gasteiger partial charge in [0.25, 0.3) is 0 Å². The van der Waals surface area contributed by atoms with E-state index < -0.39 is 0 Å². The molecule has 7 nitrogen and oxygen atoms in total. The fourth-order valence-electron chi connectivity index (χ4n) is 3.27. The first-order valence-corrected chi connectivity index (χ1v) is 9.46. The minimum absolute atomic E-state index is 0.0259. The molecular formula is C19H16N6OS. The molecule has 1 saturated heterocycles. The van der Waals surface area contributed by atoms with Gasteiger partial charge >= 0.3 is 0 Å². The van der Waals surface area contributed by atoms with Crippen molar-refractivity contribution in [2.75, 3.05) is 29.9 Å². The van der Waals surface area contributed by atoms with Gasteiger partial charge in [-0.05, 0) is 18.2 Å². The van der Waals surface area contributed by atoms with Crippen LogP contribution in [0.3, 0.4) is 0 Å². The number of anilines is 3. The molecule has 1 aliphatic rings. The van der Waals surface area contributed by atoms with Crippen molar-refractivity contribution < 1.29 is 4.79 Å². The van der Waals surface area contributed by atoms with Gasteiger partial charge in [0.1, 0.15) is 22.8 Å². The second kappa shape index (κ2) is 6.48. The van der Waals surface area contributed by atoms with Crippen LogP contribution in [0.4, 0.5) is 17.3 Å². The Kier molecular flexibility index (Phi) is 3.83. The fraction of sp³-hybridized carbons (Fsp3) is 0.158. The number of amides is 1. The highest BCUT2D eigenvalue weighted by Crippen LogP contribution is 2.36. The highest BCUT2D eigenvalue weighted by atomic mass is 32.1. The predicted molar refractivity (Wildman–Crippen MR) is 108 cm³/mol. The molecule has 8 heteroatoms. The van der Waals surface area contributed by atoms with Gasteiger partial charge in [-0.15, -0.1) is 11.3 Å². The maximum atomic E-state index is 11.6. The van der Waals surface area contributed by atoms with Crippen LogP contribution in [0.2, 0.25) is 0 Å². The number of benzene rings is 1. The maximum absolute atomic E-state index is 11.6. The summed E-state index contributed by atoms with van der Waals surface area (Å²) in [7, 11) is 0. The number of carbonyl (C=O) groups excluding carboxylic acids is 1. The molecule has 27 heavy (non-hydrogen) atoms. The molecule has 5 rings (SSSR count). The van der Waals surface area contributed by atoms with Crippen LogP contribution in [-0.2, 0) is 4.79 Å². The zero-order valence-corrected chi connectivity index (χ0v) is 15.2. The van der Waals surface area contributed by atoms with Gasteiger partial charge < -0.3 is 15.5 Å². The number of aromatic nitrogens is 3. The Morgan fingerprint density at radius 1 is 1.11 bits per heavy atom. The standard InChI is InChI=1S/C19H16N6OS/c26-16-10-25(8-7-20-16)15-6-5-12(9-21-15)24-18-17-13-3-1-2-4-14(13)27-19(17)23-11-22-18/h1-6,9,11H,7-8,10H2,(H,20,26)(H,22,23,24). The highest BCUT2D eigenvalue weighted by molar-refractivity contribution is 7.25. The second-order valence-electron chi connectivity index (χ2n) is 6.30. The lowest BCUT2D eigenvalue weighted by Crippen LogP contribution is -2.48. The van der Waals surface area contributed by atoms with E-state index in [0.29, 0.717) is 13.1 Å². The quantitative estimate of drug-likeness (QED) is 0.572. The van der Waals surface area contributed by atoms with Crippen molar-refractivity contribution in [3.05, 3.63) is 48.9 Å². The molecule has 134 valence electrons. The van der Waals surface area contributed by atoms with Gasteiger partial charge in [0, 0.05) is 23.2 Å². The highest BCUT2D eigenvalue weighted by Gasteiger charge is 2.17. The molecule has 4 aromatic rings. The summed E-state index contributed by atoms with van der Waals surface area (Å²) in [6.45, 7) is 1.75. The minimum atomic E-state index is 0.0259. The summed E-state index contributed by atoms with van der Waals surface area (Å²) in [5, 5.41) is 8.35. The van der Waals surface area contributed by atoms with Crippen LogP contribution in [0.25, 0.3) is 20.3 Å². The molecule has 1 aliphatic heterocycles. The Balaban J connectivity index is 1.46. The van der Waals surface area contributed by atoms with Crippen LogP contribution in [0, 0.1) is 0 Å². The van der Waals surface area contributed by atoms with Crippen molar-refractivity contribution in [2.45, 2.75) is 0 Å². The SMILES string of the molecule is O=C1CN(c2ccc(Nc3ncnc4sc5ccccc5c34)cn2)CCN1. The first kappa shape index (κ1) is 16.0. The smallest absolute Gasteiger partial charge is 0.239 e. The number of hydrogen-bond acceptors (Lipinski definition) is 7. The van der Waals surface area contributed by atoms with Crippen LogP contribution >= 0.6 is 11.3 Å². The fourth-order valence-corrected chi connectivity index (χ4v) is 4.31. The van der Waals surface area contributed by atoms with Gasteiger partial charge in [0.2, 0.25) is 5.91 Å². The van der Waals surface area contributed by atoms with E-state index in [-0.39, 0.29) is 5.91 Å². The molecule has 1 fully saturated rings. The van der Waals surface area contributed by atoms with Gasteiger partial charge in [-0.1, -0.05) is 18.2 Å². The number of nitrogens with zero attached hydrogens (tertiary/aromatic N) is 4. The van der Waals surface area contributed by atoms with Gasteiger partial charge in [-0.25, -0.2) is 15.0 Å². The lowest BCUT2D eigenvalue weighted by atomic mass is 10.2. The summed E-state index contributed by atoms with van der Waals surface area (Å²) in [5.74, 6) is 1.59. The third-order valence-electron chi connectivity index (χ3n) is 4.55. The molecule has 0 atom stereocenters. The van der Waals surface area contributed by atoms with Crippen LogP contribution < -0.4 is 15.5 Å². The molecular weight excluding hydrogens is 360 g/mol. The molecule has 4 heterocycles. The van der Waals surface area contributed by atoms with Crippen molar-refractivity contribution in [1.82, 2.24) is 20.3 Å². The summed E-state index contributed by atoms with van der Waals surface area (Å²) < 4.78 is 1.19. The van der Waals surface area contributed by atoms with E-state index in [9.17, 15) is 4.79 Å². The van der Waals surface area contributed by atoms with E-state index in [1.807, 2.05) is 29.2 Å². The third kappa shape index (κ3) is 2.93. The molecule has 0 spiro atoms. The molecule has 1 amide bonds. The first-order valence-electron chi connectivity index (χ1n) is 8.65. The van der Waals surface area contributed by atoms with E-state index in [0.717, 1.165) is 39.5 Å². The second-order valence-corrected chi connectivity index (χ2v) is 7.33. The van der Waals surface area contributed by atoms with Crippen molar-refractivity contribution in [1.29, 1.82) is 0 Å². The van der Waals surface area contributed by atoms with E-state index >= 15 is 0 Å². The van der Waals surface area contributed by atoms with E-state index in [1.54, 1.807) is 23.9 Å². The average molecular weight is 376 g/mol. The molecule has 3 aromatic heterocycles. The zero-order valence-electron chi connectivity index (χ0n) is 14.3. The van der Waals surface area contributed by atoms with Gasteiger partial charge in [-0.2, -0.15) is 0 Å². The summed E-state index contributed by atoms with van der Waals surface area (Å²) in [6, 6.07) is 12.1. The van der Waals surface area contributed by atoms with Gasteiger partial charge in [-0.3, -0.25) is 4.79 Å². The molecule has 0 bridgehead atoms. The normalized spacial score (nSPS) is 14.5. The lowest BCUT2D eigenvalue weighted by Gasteiger charge is -2.27. The van der Waals surface area contributed by atoms with Crippen molar-refractivity contribution in [3.8, 4) is 0 Å². The first-order chi connectivity index (χ1) is 13.3. The van der Waals surface area contributed by atoms with Crippen molar-refractivity contribution >= 4 is 54.9 Å². The van der Waals surface area contributed by atoms with E-state index in [4.69, 9.17) is 0 Å². The summed E-state index contributed by atoms with van der Waals surface area (Å²) in [5.41, 5.74) is 0.843. The Labute approximate surface area is 159 Å². The molecule has 0 radical (unpaired) electrons. The third-order valence-corrected chi connectivity index (χ3v) is 5.63. The monoisotopic (exact) mass is 376 g/mol. The van der Waals surface area contributed by atoms with Crippen molar-refractivity contribution in [3.63, 3.8) is 0 Å². The van der Waals surface area contributed by atoms with Crippen LogP contribution in [0.5, 0.6) is 0 Å². The predicted octanol–water partition coefficient (Wildman–Crippen LogP) is 2.92. The van der Waals surface area contributed by atoms with Crippen LogP contribution in [-0.4, -0.2) is 40.5 Å². The summed E-state index contributed by atoms with van der Waals surface area (Å²) in [6.07, 6.45) is 3.35. The van der Waals surface area contributed by atoms with Gasteiger partial charge in [0.15, 0.2) is 0 Å². The molecule has 1 aromatic carbocycles. The van der Waals surface area contributed by atoms with Gasteiger partial charge in [0.05, 0.1) is 23.8 Å². The largest absolute Gasteiger partial charge is 0.353 e. The van der Waals surface area contributed by atoms with Crippen molar-refractivity contribution in [2.24, 2.45) is 0 Å². The van der Waals surface area contributed by atoms with E-state index in [2.05, 4.69) is 37.7 Å². The van der Waals surface area contributed by atoms with Crippen LogP contribution in [0.1, 0.15) is 0 Å². The minimum Gasteiger partial charge on any atom is -0.353 e. The maximum Gasteiger partial charge on any atom is 0.239 e. The molecule has 0 aliphatic carbocycles. The lowest BCUT2D eigenvalue weighted by molar-refractivity contribution is -0.120. The summed E-state index contributed by atoms with van der Waals surface area (Å²) >= 11 is 1.66. The number of fused-ring (bicyclic) bond motifs is 3. The number of nitrogens with one attached hydrogen (secondary N) is 2. The van der Waals surface area contributed by atoms with Crippen LogP contribution in [0.15, 0.2) is 48.9 Å². The Morgan fingerprint density at radius 2 is 2.04 bits per heavy atom. The summed E-state index contributed by atoms with van der Waals surface area (Å²) in [4.78, 5) is 27.8. The average Bonchev–Trinajstić information content (AvgIpc) is 3.08. The number of piperazine rings is 1. The Bertz CT molecular complexity index is 1140. The molecule has 0 saturated carbocycles. The Morgan fingerprint density at radius 3 is 2.89 bits per heavy atom. The number of thiophene rings is 1. The molecule has 2 N–H and O–H groups in total. The number of rotatable bonds is 3. The topological polar surface area (TPSA) is 83.0 Å². The molecule has 0 unspecified atom stereocenters. The number of carbonyl (C=O) groups is 1. The van der Waals surface area contributed by atoms with E-state index in [1.165, 1.54) is 4.70 Å².